The average molecular weight is 328 g/mol. The summed E-state index contributed by atoms with van der Waals surface area (Å²) in [5.41, 5.74) is 0.499. The second-order valence-corrected chi connectivity index (χ2v) is 8.28. The second-order valence-electron chi connectivity index (χ2n) is 5.06. The summed E-state index contributed by atoms with van der Waals surface area (Å²) in [6.45, 7) is 0.597. The van der Waals surface area contributed by atoms with Crippen LogP contribution >= 0.6 is 11.8 Å². The van der Waals surface area contributed by atoms with Gasteiger partial charge in [-0.2, -0.15) is 16.1 Å². The SMILES string of the molecule is COC(=O)Nc1ccc(S(=O)(=O)N2C[C@H]3C[C@H]2CS3)cc1. The van der Waals surface area contributed by atoms with E-state index in [0.29, 0.717) is 17.5 Å². The van der Waals surface area contributed by atoms with Crippen molar-refractivity contribution in [1.82, 2.24) is 4.31 Å². The normalized spacial score (nSPS) is 25.0. The summed E-state index contributed by atoms with van der Waals surface area (Å²) in [5, 5.41) is 2.93. The highest BCUT2D eigenvalue weighted by Gasteiger charge is 2.44. The molecule has 1 aromatic carbocycles. The molecule has 114 valence electrons. The number of hydrogen-bond donors (Lipinski definition) is 1. The Hall–Kier alpha value is -1.25. The maximum absolute atomic E-state index is 12.6. The lowest BCUT2D eigenvalue weighted by Gasteiger charge is -2.25. The molecule has 3 rings (SSSR count). The first-order chi connectivity index (χ1) is 10.0. The number of carbonyl (C=O) groups excluding carboxylic acids is 1. The number of amides is 1. The highest BCUT2D eigenvalue weighted by atomic mass is 32.2. The van der Waals surface area contributed by atoms with Crippen LogP contribution in [0.1, 0.15) is 6.42 Å². The summed E-state index contributed by atoms with van der Waals surface area (Å²) in [4.78, 5) is 11.4. The van der Waals surface area contributed by atoms with E-state index in [4.69, 9.17) is 0 Å². The third-order valence-electron chi connectivity index (χ3n) is 3.74. The number of anilines is 1. The van der Waals surface area contributed by atoms with Crippen molar-refractivity contribution in [1.29, 1.82) is 0 Å². The summed E-state index contributed by atoms with van der Waals surface area (Å²) >= 11 is 1.85. The van der Waals surface area contributed by atoms with Crippen molar-refractivity contribution in [3.8, 4) is 0 Å². The Morgan fingerprint density at radius 3 is 2.62 bits per heavy atom. The van der Waals surface area contributed by atoms with Crippen LogP contribution in [0, 0.1) is 0 Å². The van der Waals surface area contributed by atoms with Gasteiger partial charge in [-0.3, -0.25) is 5.32 Å². The van der Waals surface area contributed by atoms with Crippen LogP contribution in [0.15, 0.2) is 29.2 Å². The minimum Gasteiger partial charge on any atom is -0.453 e. The van der Waals surface area contributed by atoms with Crippen molar-refractivity contribution >= 4 is 33.6 Å². The number of nitrogens with one attached hydrogen (secondary N) is 1. The van der Waals surface area contributed by atoms with Gasteiger partial charge in [0.05, 0.1) is 12.0 Å². The maximum atomic E-state index is 12.6. The number of carbonyl (C=O) groups is 1. The molecule has 0 aromatic heterocycles. The van der Waals surface area contributed by atoms with Gasteiger partial charge in [-0.1, -0.05) is 0 Å². The van der Waals surface area contributed by atoms with Crippen molar-refractivity contribution in [2.45, 2.75) is 22.6 Å². The number of sulfonamides is 1. The fourth-order valence-electron chi connectivity index (χ4n) is 2.67. The molecule has 1 N–H and O–H groups in total. The number of fused-ring (bicyclic) bond motifs is 2. The summed E-state index contributed by atoms with van der Waals surface area (Å²) in [7, 11) is -2.17. The maximum Gasteiger partial charge on any atom is 0.411 e. The summed E-state index contributed by atoms with van der Waals surface area (Å²) < 4.78 is 31.3. The van der Waals surface area contributed by atoms with Crippen molar-refractivity contribution < 1.29 is 17.9 Å². The van der Waals surface area contributed by atoms with E-state index < -0.39 is 16.1 Å². The van der Waals surface area contributed by atoms with Crippen LogP contribution in [0.4, 0.5) is 10.5 Å². The van der Waals surface area contributed by atoms with Crippen LogP contribution in [0.25, 0.3) is 0 Å². The van der Waals surface area contributed by atoms with Gasteiger partial charge in [0.25, 0.3) is 0 Å². The van der Waals surface area contributed by atoms with Gasteiger partial charge in [-0.25, -0.2) is 13.2 Å². The summed E-state index contributed by atoms with van der Waals surface area (Å²) in [6, 6.07) is 6.28. The topological polar surface area (TPSA) is 75.7 Å². The van der Waals surface area contributed by atoms with Crippen molar-refractivity contribution in [3.05, 3.63) is 24.3 Å². The Bertz CT molecular complexity index is 645. The monoisotopic (exact) mass is 328 g/mol. The van der Waals surface area contributed by atoms with Gasteiger partial charge >= 0.3 is 6.09 Å². The third-order valence-corrected chi connectivity index (χ3v) is 7.07. The van der Waals surface area contributed by atoms with E-state index >= 15 is 0 Å². The van der Waals surface area contributed by atoms with Gasteiger partial charge in [0, 0.05) is 29.3 Å². The molecular formula is C13H16N2O4S2. The molecule has 0 aliphatic carbocycles. The molecule has 6 nitrogen and oxygen atoms in total. The molecule has 2 heterocycles. The highest BCUT2D eigenvalue weighted by molar-refractivity contribution is 8.00. The highest BCUT2D eigenvalue weighted by Crippen LogP contribution is 2.40. The van der Waals surface area contributed by atoms with Gasteiger partial charge in [0.1, 0.15) is 0 Å². The van der Waals surface area contributed by atoms with E-state index in [9.17, 15) is 13.2 Å². The number of thioether (sulfide) groups is 1. The molecule has 2 atom stereocenters. The van der Waals surface area contributed by atoms with E-state index in [0.717, 1.165) is 12.2 Å². The molecule has 2 aliphatic rings. The van der Waals surface area contributed by atoms with E-state index in [2.05, 4.69) is 10.1 Å². The minimum absolute atomic E-state index is 0.123. The fourth-order valence-corrected chi connectivity index (χ4v) is 5.98. The minimum atomic E-state index is -3.44. The van der Waals surface area contributed by atoms with Crippen LogP contribution in [0.3, 0.4) is 0 Å². The van der Waals surface area contributed by atoms with Gasteiger partial charge in [-0.15, -0.1) is 0 Å². The quantitative estimate of drug-likeness (QED) is 0.915. The first-order valence-corrected chi connectivity index (χ1v) is 9.08. The number of hydrogen-bond acceptors (Lipinski definition) is 5. The number of ether oxygens (including phenoxy) is 1. The average Bonchev–Trinajstić information content (AvgIpc) is 3.10. The zero-order chi connectivity index (χ0) is 15.0. The Kier molecular flexibility index (Phi) is 3.85. The van der Waals surface area contributed by atoms with E-state index in [1.807, 2.05) is 11.8 Å². The van der Waals surface area contributed by atoms with Gasteiger partial charge < -0.3 is 4.74 Å². The van der Waals surface area contributed by atoms with E-state index in [1.54, 1.807) is 16.4 Å². The zero-order valence-electron chi connectivity index (χ0n) is 11.5. The molecule has 0 unspecified atom stereocenters. The van der Waals surface area contributed by atoms with E-state index in [-0.39, 0.29) is 10.9 Å². The Labute approximate surface area is 127 Å². The lowest BCUT2D eigenvalue weighted by molar-refractivity contribution is 0.187. The van der Waals surface area contributed by atoms with Crippen LogP contribution < -0.4 is 5.32 Å². The summed E-state index contributed by atoms with van der Waals surface area (Å²) in [5.74, 6) is 0.881. The fraction of sp³-hybridized carbons (Fsp3) is 0.462. The molecule has 0 spiro atoms. The number of rotatable bonds is 3. The Morgan fingerprint density at radius 1 is 1.38 bits per heavy atom. The molecule has 8 heteroatoms. The lowest BCUT2D eigenvalue weighted by Crippen LogP contribution is -2.39. The van der Waals surface area contributed by atoms with Crippen LogP contribution in [0.5, 0.6) is 0 Å². The molecule has 2 bridgehead atoms. The number of benzene rings is 1. The predicted molar refractivity (Wildman–Crippen MR) is 81.0 cm³/mol. The molecule has 2 aliphatic heterocycles. The smallest absolute Gasteiger partial charge is 0.411 e. The van der Waals surface area contributed by atoms with Crippen LogP contribution in [-0.4, -0.2) is 49.5 Å². The lowest BCUT2D eigenvalue weighted by atomic mass is 10.3. The first-order valence-electron chi connectivity index (χ1n) is 6.59. The molecule has 1 aromatic rings. The molecule has 0 radical (unpaired) electrons. The van der Waals surface area contributed by atoms with Gasteiger partial charge in [-0.05, 0) is 30.7 Å². The Balaban J connectivity index is 1.78. The second kappa shape index (κ2) is 5.51. The number of methoxy groups -OCH3 is 1. The number of nitrogens with zero attached hydrogens (tertiary/aromatic N) is 1. The molecular weight excluding hydrogens is 312 g/mol. The van der Waals surface area contributed by atoms with Crippen LogP contribution in [-0.2, 0) is 14.8 Å². The molecule has 2 saturated heterocycles. The van der Waals surface area contributed by atoms with Crippen molar-refractivity contribution in [3.63, 3.8) is 0 Å². The van der Waals surface area contributed by atoms with E-state index in [1.165, 1.54) is 19.2 Å². The van der Waals surface area contributed by atoms with Crippen molar-refractivity contribution in [2.24, 2.45) is 0 Å². The standard InChI is InChI=1S/C13H16N2O4S2/c1-19-13(16)14-9-2-4-12(5-3-9)21(17,18)15-7-11-6-10(15)8-20-11/h2-5,10-11H,6-8H2,1H3,(H,14,16)/t10-,11+/m0/s1. The summed E-state index contributed by atoms with van der Waals surface area (Å²) in [6.07, 6.45) is 0.366. The van der Waals surface area contributed by atoms with Crippen LogP contribution in [0.2, 0.25) is 0 Å². The molecule has 1 amide bonds. The van der Waals surface area contributed by atoms with Crippen molar-refractivity contribution in [2.75, 3.05) is 24.7 Å². The molecule has 2 fully saturated rings. The Morgan fingerprint density at radius 2 is 2.10 bits per heavy atom. The largest absolute Gasteiger partial charge is 0.453 e. The first kappa shape index (κ1) is 14.7. The molecule has 21 heavy (non-hydrogen) atoms. The molecule has 0 saturated carbocycles. The third kappa shape index (κ3) is 2.75. The van der Waals surface area contributed by atoms with Gasteiger partial charge in [0.2, 0.25) is 10.0 Å². The predicted octanol–water partition coefficient (Wildman–Crippen LogP) is 1.74. The van der Waals surface area contributed by atoms with Gasteiger partial charge in [0.15, 0.2) is 0 Å². The zero-order valence-corrected chi connectivity index (χ0v) is 13.1.